The van der Waals surface area contributed by atoms with Crippen molar-refractivity contribution in [3.63, 3.8) is 0 Å². The minimum absolute atomic E-state index is 0.0483. The third-order valence-corrected chi connectivity index (χ3v) is 4.79. The Morgan fingerprint density at radius 2 is 1.67 bits per heavy atom. The van der Waals surface area contributed by atoms with Crippen LogP contribution < -0.4 is 15.0 Å². The Balaban J connectivity index is 1.88. The molecule has 2 heterocycles. The largest absolute Gasteiger partial charge is 0.483 e. The van der Waals surface area contributed by atoms with Gasteiger partial charge >= 0.3 is 0 Å². The van der Waals surface area contributed by atoms with Crippen molar-refractivity contribution in [1.82, 2.24) is 4.98 Å². The third-order valence-electron chi connectivity index (χ3n) is 3.82. The summed E-state index contributed by atoms with van der Waals surface area (Å²) >= 11 is 0. The fourth-order valence-corrected chi connectivity index (χ4v) is 3.31. The molecule has 146 valence electrons. The molecule has 1 aliphatic heterocycles. The number of H-pyrrole nitrogens is 1. The van der Waals surface area contributed by atoms with Crippen LogP contribution in [0.1, 0.15) is 0 Å². The summed E-state index contributed by atoms with van der Waals surface area (Å²) in [5.74, 6) is 0.307. The number of hydrogen-bond acceptors (Lipinski definition) is 8. The molecule has 1 unspecified atom stereocenters. The first-order chi connectivity index (χ1) is 12.8. The van der Waals surface area contributed by atoms with E-state index in [0.717, 1.165) is 6.07 Å². The molecular formula is C16H17NO9S. The van der Waals surface area contributed by atoms with Crippen LogP contribution in [0.15, 0.2) is 53.5 Å². The second-order valence-corrected chi connectivity index (χ2v) is 7.27. The molecule has 1 aromatic carbocycles. The Morgan fingerprint density at radius 1 is 0.963 bits per heavy atom. The first kappa shape index (κ1) is 19.3. The second-order valence-electron chi connectivity index (χ2n) is 5.77. The van der Waals surface area contributed by atoms with Crippen LogP contribution in [0.25, 0.3) is 0 Å². The lowest BCUT2D eigenvalue weighted by Gasteiger charge is -2.40. The zero-order valence-corrected chi connectivity index (χ0v) is 14.5. The zero-order chi connectivity index (χ0) is 19.6. The van der Waals surface area contributed by atoms with Crippen LogP contribution in [0.4, 0.5) is 0 Å². The van der Waals surface area contributed by atoms with Crippen molar-refractivity contribution in [2.75, 3.05) is 0 Å². The van der Waals surface area contributed by atoms with Crippen LogP contribution in [0.5, 0.6) is 11.5 Å². The highest BCUT2D eigenvalue weighted by Crippen LogP contribution is 2.29. The normalized spacial score (nSPS) is 28.5. The van der Waals surface area contributed by atoms with Gasteiger partial charge in [0, 0.05) is 12.3 Å². The topological polar surface area (TPSA) is 155 Å². The summed E-state index contributed by atoms with van der Waals surface area (Å²) in [5, 5.41) is 20.7. The summed E-state index contributed by atoms with van der Waals surface area (Å²) in [6.07, 6.45) is -5.48. The van der Waals surface area contributed by atoms with Crippen LogP contribution in [0.3, 0.4) is 0 Å². The number of hydrogen-bond donors (Lipinski definition) is 4. The lowest BCUT2D eigenvalue weighted by Crippen LogP contribution is -2.62. The van der Waals surface area contributed by atoms with Crippen LogP contribution in [-0.4, -0.2) is 58.2 Å². The van der Waals surface area contributed by atoms with E-state index in [0.29, 0.717) is 0 Å². The number of nitrogens with one attached hydrogen (secondary N) is 1. The molecular weight excluding hydrogens is 382 g/mol. The molecule has 4 N–H and O–H groups in total. The van der Waals surface area contributed by atoms with Crippen molar-refractivity contribution in [2.45, 2.75) is 30.0 Å². The molecule has 0 bridgehead atoms. The lowest BCUT2D eigenvalue weighted by atomic mass is 10.0. The van der Waals surface area contributed by atoms with Gasteiger partial charge in [0.25, 0.3) is 10.1 Å². The first-order valence-electron chi connectivity index (χ1n) is 7.81. The SMILES string of the molecule is O=c1ccc(O[C@@H]2[C@@H](O)[C@H](Oc3ccccc3)OC(S(=O)(=O)O)[C@H]2O)c[nH]1. The molecule has 0 radical (unpaired) electrons. The molecule has 1 fully saturated rings. The quantitative estimate of drug-likeness (QED) is 0.487. The van der Waals surface area contributed by atoms with E-state index in [1.54, 1.807) is 30.3 Å². The van der Waals surface area contributed by atoms with Gasteiger partial charge in [-0.1, -0.05) is 18.2 Å². The molecule has 27 heavy (non-hydrogen) atoms. The number of ether oxygens (including phenoxy) is 3. The maximum absolute atomic E-state index is 11.6. The van der Waals surface area contributed by atoms with Gasteiger partial charge in [-0.15, -0.1) is 0 Å². The van der Waals surface area contributed by atoms with E-state index in [-0.39, 0.29) is 11.5 Å². The molecule has 10 nitrogen and oxygen atoms in total. The highest BCUT2D eigenvalue weighted by Gasteiger charge is 2.52. The highest BCUT2D eigenvalue weighted by atomic mass is 32.2. The molecule has 0 spiro atoms. The molecule has 0 aliphatic carbocycles. The van der Waals surface area contributed by atoms with E-state index in [1.807, 2.05) is 0 Å². The average molecular weight is 399 g/mol. The van der Waals surface area contributed by atoms with Gasteiger partial charge in [-0.25, -0.2) is 0 Å². The summed E-state index contributed by atoms with van der Waals surface area (Å²) in [5.41, 5.74) is -2.51. The molecule has 11 heteroatoms. The van der Waals surface area contributed by atoms with Crippen LogP contribution in [-0.2, 0) is 14.9 Å². The number of benzene rings is 1. The van der Waals surface area contributed by atoms with Gasteiger partial charge in [0.2, 0.25) is 17.3 Å². The van der Waals surface area contributed by atoms with Crippen molar-refractivity contribution in [3.05, 3.63) is 59.0 Å². The Hall–Kier alpha value is -2.44. The fourth-order valence-electron chi connectivity index (χ4n) is 2.55. The van der Waals surface area contributed by atoms with E-state index in [4.69, 9.17) is 14.2 Å². The average Bonchev–Trinajstić information content (AvgIpc) is 2.62. The number of aromatic nitrogens is 1. The monoisotopic (exact) mass is 399 g/mol. The molecule has 0 saturated carbocycles. The Labute approximate surface area is 153 Å². The Morgan fingerprint density at radius 3 is 2.26 bits per heavy atom. The maximum Gasteiger partial charge on any atom is 0.295 e. The summed E-state index contributed by atoms with van der Waals surface area (Å²) in [6, 6.07) is 10.5. The van der Waals surface area contributed by atoms with Crippen molar-refractivity contribution in [1.29, 1.82) is 0 Å². The van der Waals surface area contributed by atoms with Gasteiger partial charge in [0.05, 0.1) is 0 Å². The summed E-state index contributed by atoms with van der Waals surface area (Å²) in [4.78, 5) is 13.5. The number of rotatable bonds is 5. The smallest absolute Gasteiger partial charge is 0.295 e. The predicted octanol–water partition coefficient (Wildman–Crippen LogP) is -0.507. The number of pyridine rings is 1. The van der Waals surface area contributed by atoms with Crippen LogP contribution >= 0.6 is 0 Å². The van der Waals surface area contributed by atoms with Gasteiger partial charge < -0.3 is 29.4 Å². The van der Waals surface area contributed by atoms with Crippen molar-refractivity contribution < 1.29 is 37.4 Å². The zero-order valence-electron chi connectivity index (χ0n) is 13.7. The summed E-state index contributed by atoms with van der Waals surface area (Å²) in [6.45, 7) is 0. The van der Waals surface area contributed by atoms with Crippen LogP contribution in [0, 0.1) is 0 Å². The standard InChI is InChI=1S/C16H17NO9S/c18-11-7-6-10(8-17-11)24-14-12(19)15(25-9-4-2-1-3-5-9)26-16(13(14)20)27(21,22)23/h1-8,12-16,19-20H,(H,17,18)(H,21,22,23)/t12-,13+,14-,15-,16?/m1/s1. The van der Waals surface area contributed by atoms with Gasteiger partial charge in [-0.3, -0.25) is 9.35 Å². The van der Waals surface area contributed by atoms with Crippen molar-refractivity contribution >= 4 is 10.1 Å². The van der Waals surface area contributed by atoms with Crippen LogP contribution in [0.2, 0.25) is 0 Å². The molecule has 1 aromatic heterocycles. The summed E-state index contributed by atoms with van der Waals surface area (Å²) in [7, 11) is -4.86. The minimum Gasteiger partial charge on any atom is -0.483 e. The van der Waals surface area contributed by atoms with E-state index in [9.17, 15) is 28.0 Å². The van der Waals surface area contributed by atoms with Gasteiger partial charge in [0.1, 0.15) is 17.6 Å². The maximum atomic E-state index is 11.6. The third kappa shape index (κ3) is 4.46. The molecule has 3 rings (SSSR count). The lowest BCUT2D eigenvalue weighted by molar-refractivity contribution is -0.248. The molecule has 5 atom stereocenters. The number of aliphatic hydroxyl groups is 2. The second kappa shape index (κ2) is 7.66. The number of aliphatic hydroxyl groups excluding tert-OH is 2. The first-order valence-corrected chi connectivity index (χ1v) is 9.31. The van der Waals surface area contributed by atoms with E-state index in [1.165, 1.54) is 12.3 Å². The number of para-hydroxylation sites is 1. The highest BCUT2D eigenvalue weighted by molar-refractivity contribution is 7.86. The van der Waals surface area contributed by atoms with Gasteiger partial charge in [0.15, 0.2) is 12.2 Å². The molecule has 1 saturated heterocycles. The van der Waals surface area contributed by atoms with Gasteiger partial charge in [-0.2, -0.15) is 8.42 Å². The predicted molar refractivity (Wildman–Crippen MR) is 90.8 cm³/mol. The molecule has 1 aliphatic rings. The van der Waals surface area contributed by atoms with Crippen molar-refractivity contribution in [3.8, 4) is 11.5 Å². The van der Waals surface area contributed by atoms with E-state index < -0.39 is 45.7 Å². The van der Waals surface area contributed by atoms with Gasteiger partial charge in [-0.05, 0) is 18.2 Å². The van der Waals surface area contributed by atoms with E-state index >= 15 is 0 Å². The fraction of sp³-hybridized carbons (Fsp3) is 0.312. The Kier molecular flexibility index (Phi) is 5.48. The Bertz CT molecular complexity index is 910. The number of aromatic amines is 1. The van der Waals surface area contributed by atoms with Crippen molar-refractivity contribution in [2.24, 2.45) is 0 Å². The van der Waals surface area contributed by atoms with E-state index in [2.05, 4.69) is 4.98 Å². The summed E-state index contributed by atoms with van der Waals surface area (Å²) < 4.78 is 48.4. The molecule has 0 amide bonds. The minimum atomic E-state index is -4.86. The molecule has 2 aromatic rings.